The number of nitrogens with one attached hydrogen (secondary N) is 1. The summed E-state index contributed by atoms with van der Waals surface area (Å²) >= 11 is 0. The van der Waals surface area contributed by atoms with E-state index in [1.165, 1.54) is 6.26 Å². The number of carbonyl (C=O) groups excluding carboxylic acids is 2. The molecule has 2 rings (SSSR count). The fraction of sp³-hybridized carbons (Fsp3) is 0.143. The first kappa shape index (κ1) is 12.1. The molecule has 0 aliphatic rings. The Morgan fingerprint density at radius 1 is 1.06 bits per heavy atom. The van der Waals surface area contributed by atoms with Crippen molar-refractivity contribution in [3.63, 3.8) is 0 Å². The van der Waals surface area contributed by atoms with Crippen LogP contribution in [0.15, 0.2) is 53.1 Å². The number of hydrogen-bond acceptors (Lipinski definition) is 3. The minimum Gasteiger partial charge on any atom is -0.467 e. The third-order valence-corrected chi connectivity index (χ3v) is 2.46. The molecule has 0 fully saturated rings. The van der Waals surface area contributed by atoms with Crippen molar-refractivity contribution in [3.8, 4) is 0 Å². The van der Waals surface area contributed by atoms with Crippen LogP contribution in [0.5, 0.6) is 0 Å². The average Bonchev–Trinajstić information content (AvgIpc) is 2.90. The van der Waals surface area contributed by atoms with Crippen LogP contribution in [0.3, 0.4) is 0 Å². The number of ketones is 1. The minimum absolute atomic E-state index is 0.116. The highest BCUT2D eigenvalue weighted by Crippen LogP contribution is 2.01. The van der Waals surface area contributed by atoms with Gasteiger partial charge >= 0.3 is 0 Å². The lowest BCUT2D eigenvalue weighted by Crippen LogP contribution is -2.31. The Balaban J connectivity index is 1.84. The van der Waals surface area contributed by atoms with Gasteiger partial charge in [0.25, 0.3) is 5.91 Å². The van der Waals surface area contributed by atoms with E-state index < -0.39 is 11.7 Å². The smallest absolute Gasteiger partial charge is 0.288 e. The van der Waals surface area contributed by atoms with Crippen molar-refractivity contribution < 1.29 is 14.0 Å². The van der Waals surface area contributed by atoms with E-state index in [-0.39, 0.29) is 13.0 Å². The topological polar surface area (TPSA) is 59.3 Å². The predicted octanol–water partition coefficient (Wildman–Crippen LogP) is 1.71. The summed E-state index contributed by atoms with van der Waals surface area (Å²) in [6.45, 7) is 0.229. The summed E-state index contributed by atoms with van der Waals surface area (Å²) in [5, 5.41) is 2.52. The first-order chi connectivity index (χ1) is 8.75. The van der Waals surface area contributed by atoms with Gasteiger partial charge in [-0.3, -0.25) is 9.59 Å². The van der Waals surface area contributed by atoms with Crippen molar-refractivity contribution in [1.82, 2.24) is 5.32 Å². The second-order valence-electron chi connectivity index (χ2n) is 3.85. The molecule has 1 amide bonds. The standard InChI is InChI=1S/C14H13NO3/c16-13(9-11-5-2-1-3-6-11)14(17)15-10-12-7-4-8-18-12/h1-8H,9-10H2,(H,15,17). The Morgan fingerprint density at radius 2 is 1.83 bits per heavy atom. The van der Waals surface area contributed by atoms with Crippen molar-refractivity contribution in [1.29, 1.82) is 0 Å². The van der Waals surface area contributed by atoms with Gasteiger partial charge in [-0.05, 0) is 17.7 Å². The van der Waals surface area contributed by atoms with Gasteiger partial charge in [-0.15, -0.1) is 0 Å². The normalized spacial score (nSPS) is 10.0. The molecule has 0 aliphatic heterocycles. The van der Waals surface area contributed by atoms with Crippen LogP contribution in [0, 0.1) is 0 Å². The molecular weight excluding hydrogens is 230 g/mol. The predicted molar refractivity (Wildman–Crippen MR) is 65.7 cm³/mol. The molecular formula is C14H13NO3. The van der Waals surface area contributed by atoms with Crippen molar-refractivity contribution in [2.45, 2.75) is 13.0 Å². The number of furan rings is 1. The largest absolute Gasteiger partial charge is 0.467 e. The van der Waals surface area contributed by atoms with Gasteiger partial charge in [0.1, 0.15) is 5.76 Å². The number of Topliss-reactive ketones (excluding diaryl/α,β-unsaturated/α-hetero) is 1. The molecule has 0 saturated carbocycles. The van der Waals surface area contributed by atoms with Crippen molar-refractivity contribution >= 4 is 11.7 Å². The van der Waals surface area contributed by atoms with E-state index in [9.17, 15) is 9.59 Å². The van der Waals surface area contributed by atoms with E-state index in [4.69, 9.17) is 4.42 Å². The summed E-state index contributed by atoms with van der Waals surface area (Å²) in [4.78, 5) is 23.2. The molecule has 4 nitrogen and oxygen atoms in total. The van der Waals surface area contributed by atoms with Crippen molar-refractivity contribution in [3.05, 3.63) is 60.1 Å². The lowest BCUT2D eigenvalue weighted by molar-refractivity contribution is -0.137. The lowest BCUT2D eigenvalue weighted by atomic mass is 10.1. The van der Waals surface area contributed by atoms with E-state index >= 15 is 0 Å². The first-order valence-corrected chi connectivity index (χ1v) is 5.63. The highest BCUT2D eigenvalue weighted by atomic mass is 16.3. The van der Waals surface area contributed by atoms with Crippen LogP contribution in [0.2, 0.25) is 0 Å². The molecule has 4 heteroatoms. The van der Waals surface area contributed by atoms with Crippen LogP contribution >= 0.6 is 0 Å². The SMILES string of the molecule is O=C(Cc1ccccc1)C(=O)NCc1ccco1. The van der Waals surface area contributed by atoms with Crippen LogP contribution in [0.25, 0.3) is 0 Å². The lowest BCUT2D eigenvalue weighted by Gasteiger charge is -2.02. The van der Waals surface area contributed by atoms with Crippen molar-refractivity contribution in [2.75, 3.05) is 0 Å². The number of rotatable bonds is 5. The maximum Gasteiger partial charge on any atom is 0.288 e. The van der Waals surface area contributed by atoms with Gasteiger partial charge in [-0.25, -0.2) is 0 Å². The summed E-state index contributed by atoms with van der Waals surface area (Å²) < 4.78 is 5.06. The molecule has 1 aromatic carbocycles. The monoisotopic (exact) mass is 243 g/mol. The maximum absolute atomic E-state index is 11.6. The van der Waals surface area contributed by atoms with Crippen molar-refractivity contribution in [2.24, 2.45) is 0 Å². The Morgan fingerprint density at radius 3 is 2.50 bits per heavy atom. The molecule has 2 aromatic rings. The molecule has 0 spiro atoms. The third-order valence-electron chi connectivity index (χ3n) is 2.46. The summed E-state index contributed by atoms with van der Waals surface area (Å²) in [6, 6.07) is 12.6. The summed E-state index contributed by atoms with van der Waals surface area (Å²) in [6.07, 6.45) is 1.64. The summed E-state index contributed by atoms with van der Waals surface area (Å²) in [5.74, 6) is -0.418. The molecule has 1 heterocycles. The highest BCUT2D eigenvalue weighted by molar-refractivity contribution is 6.36. The van der Waals surface area contributed by atoms with E-state index in [2.05, 4.69) is 5.32 Å². The molecule has 1 aromatic heterocycles. The van der Waals surface area contributed by atoms with Gasteiger partial charge in [0, 0.05) is 6.42 Å². The molecule has 0 unspecified atom stereocenters. The molecule has 0 bridgehead atoms. The highest BCUT2D eigenvalue weighted by Gasteiger charge is 2.13. The van der Waals surface area contributed by atoms with Crippen LogP contribution < -0.4 is 5.32 Å². The second kappa shape index (κ2) is 5.82. The zero-order valence-electron chi connectivity index (χ0n) is 9.76. The van der Waals surface area contributed by atoms with Crippen LogP contribution in [-0.4, -0.2) is 11.7 Å². The molecule has 18 heavy (non-hydrogen) atoms. The molecule has 0 aliphatic carbocycles. The van der Waals surface area contributed by atoms with Crippen LogP contribution in [0.1, 0.15) is 11.3 Å². The Kier molecular flexibility index (Phi) is 3.91. The quantitative estimate of drug-likeness (QED) is 0.813. The molecule has 1 N–H and O–H groups in total. The zero-order chi connectivity index (χ0) is 12.8. The Hall–Kier alpha value is -2.36. The van der Waals surface area contributed by atoms with Gasteiger partial charge in [0.2, 0.25) is 5.78 Å². The Bertz CT molecular complexity index is 517. The summed E-state index contributed by atoms with van der Waals surface area (Å²) in [7, 11) is 0. The number of carbonyl (C=O) groups is 2. The maximum atomic E-state index is 11.6. The minimum atomic E-state index is -0.588. The summed E-state index contributed by atoms with van der Waals surface area (Å²) in [5.41, 5.74) is 0.829. The molecule has 92 valence electrons. The van der Waals surface area contributed by atoms with Gasteiger partial charge in [0.15, 0.2) is 0 Å². The third kappa shape index (κ3) is 3.31. The number of amides is 1. The molecule has 0 atom stereocenters. The van der Waals surface area contributed by atoms with Gasteiger partial charge in [-0.2, -0.15) is 0 Å². The average molecular weight is 243 g/mol. The van der Waals surface area contributed by atoms with Gasteiger partial charge < -0.3 is 9.73 Å². The number of hydrogen-bond donors (Lipinski definition) is 1. The Labute approximate surface area is 105 Å². The zero-order valence-corrected chi connectivity index (χ0v) is 9.76. The van der Waals surface area contributed by atoms with E-state index in [1.54, 1.807) is 12.1 Å². The fourth-order valence-corrected chi connectivity index (χ4v) is 1.54. The number of benzene rings is 1. The second-order valence-corrected chi connectivity index (χ2v) is 3.85. The van der Waals surface area contributed by atoms with Gasteiger partial charge in [0.05, 0.1) is 12.8 Å². The molecule has 0 radical (unpaired) electrons. The first-order valence-electron chi connectivity index (χ1n) is 5.63. The van der Waals surface area contributed by atoms with Gasteiger partial charge in [-0.1, -0.05) is 30.3 Å². The molecule has 0 saturated heterocycles. The van der Waals surface area contributed by atoms with E-state index in [0.717, 1.165) is 5.56 Å². The fourth-order valence-electron chi connectivity index (χ4n) is 1.54. The van der Waals surface area contributed by atoms with Crippen LogP contribution in [-0.2, 0) is 22.6 Å². The van der Waals surface area contributed by atoms with E-state index in [1.807, 2.05) is 30.3 Å². The van der Waals surface area contributed by atoms with Crippen LogP contribution in [0.4, 0.5) is 0 Å². The van der Waals surface area contributed by atoms with E-state index in [0.29, 0.717) is 5.76 Å².